The molecule has 122 valence electrons. The lowest BCUT2D eigenvalue weighted by Gasteiger charge is -2.29. The van der Waals surface area contributed by atoms with Gasteiger partial charge in [0.1, 0.15) is 5.75 Å². The van der Waals surface area contributed by atoms with Gasteiger partial charge >= 0.3 is 0 Å². The lowest BCUT2D eigenvalue weighted by atomic mass is 10.1. The largest absolute Gasteiger partial charge is 0.478 e. The summed E-state index contributed by atoms with van der Waals surface area (Å²) in [7, 11) is 0. The number of hydrogen-bond acceptors (Lipinski definition) is 3. The molecule has 1 aromatic carbocycles. The van der Waals surface area contributed by atoms with Crippen LogP contribution in [0.1, 0.15) is 39.2 Å². The Kier molecular flexibility index (Phi) is 5.35. The summed E-state index contributed by atoms with van der Waals surface area (Å²) in [6.45, 7) is 8.16. The zero-order valence-corrected chi connectivity index (χ0v) is 14.4. The Bertz CT molecular complexity index is 539. The van der Waals surface area contributed by atoms with Gasteiger partial charge in [0.05, 0.1) is 12.1 Å². The van der Waals surface area contributed by atoms with E-state index in [0.717, 1.165) is 25.0 Å². The molecule has 1 N–H and O–H groups in total. The Hall–Kier alpha value is -1.26. The van der Waals surface area contributed by atoms with Crippen molar-refractivity contribution in [3.63, 3.8) is 0 Å². The van der Waals surface area contributed by atoms with Crippen molar-refractivity contribution in [1.82, 2.24) is 5.32 Å². The predicted octanol–water partition coefficient (Wildman–Crippen LogP) is 3.49. The van der Waals surface area contributed by atoms with E-state index in [9.17, 15) is 4.79 Å². The normalized spacial score (nSPS) is 19.8. The highest BCUT2D eigenvalue weighted by Crippen LogP contribution is 2.25. The summed E-state index contributed by atoms with van der Waals surface area (Å²) >= 11 is 6.01. The third-order valence-electron chi connectivity index (χ3n) is 3.93. The molecule has 1 saturated heterocycles. The van der Waals surface area contributed by atoms with Crippen LogP contribution in [0, 0.1) is 6.92 Å². The van der Waals surface area contributed by atoms with Crippen molar-refractivity contribution in [3.8, 4) is 5.75 Å². The highest BCUT2D eigenvalue weighted by molar-refractivity contribution is 6.31. The minimum Gasteiger partial charge on any atom is -0.478 e. The first-order valence-corrected chi connectivity index (χ1v) is 8.05. The molecule has 0 saturated carbocycles. The molecule has 1 fully saturated rings. The third-order valence-corrected chi connectivity index (χ3v) is 4.35. The number of amides is 1. The van der Waals surface area contributed by atoms with Crippen LogP contribution in [0.5, 0.6) is 5.75 Å². The molecule has 0 aromatic heterocycles. The van der Waals surface area contributed by atoms with Gasteiger partial charge in [-0.2, -0.15) is 0 Å². The number of carbonyl (C=O) groups is 1. The van der Waals surface area contributed by atoms with Gasteiger partial charge in [-0.3, -0.25) is 4.79 Å². The molecule has 0 radical (unpaired) electrons. The Morgan fingerprint density at radius 1 is 1.50 bits per heavy atom. The van der Waals surface area contributed by atoms with Gasteiger partial charge in [-0.25, -0.2) is 0 Å². The Labute approximate surface area is 137 Å². The van der Waals surface area contributed by atoms with Gasteiger partial charge in [-0.05, 0) is 64.3 Å². The first kappa shape index (κ1) is 17.1. The lowest BCUT2D eigenvalue weighted by Crippen LogP contribution is -2.52. The molecule has 1 aliphatic heterocycles. The lowest BCUT2D eigenvalue weighted by molar-refractivity contribution is -0.135. The fraction of sp³-hybridized carbons (Fsp3) is 0.588. The van der Waals surface area contributed by atoms with Crippen molar-refractivity contribution in [2.45, 2.75) is 58.3 Å². The highest BCUT2D eigenvalue weighted by Gasteiger charge is 2.33. The zero-order valence-electron chi connectivity index (χ0n) is 13.6. The smallest absolute Gasteiger partial charge is 0.263 e. The summed E-state index contributed by atoms with van der Waals surface area (Å²) in [5.74, 6) is 0.481. The van der Waals surface area contributed by atoms with Crippen LogP contribution >= 0.6 is 11.6 Å². The molecule has 2 rings (SSSR count). The van der Waals surface area contributed by atoms with Gasteiger partial charge < -0.3 is 14.8 Å². The van der Waals surface area contributed by atoms with E-state index in [0.29, 0.717) is 10.8 Å². The van der Waals surface area contributed by atoms with Crippen LogP contribution in [0.4, 0.5) is 0 Å². The molecular weight excluding hydrogens is 302 g/mol. The number of carbonyl (C=O) groups excluding carboxylic acids is 1. The second-order valence-corrected chi connectivity index (χ2v) is 6.74. The maximum Gasteiger partial charge on any atom is 0.263 e. The molecule has 0 spiro atoms. The number of rotatable bonds is 5. The average molecular weight is 326 g/mol. The number of halogens is 1. The molecule has 1 aliphatic rings. The van der Waals surface area contributed by atoms with E-state index in [1.807, 2.05) is 19.9 Å². The van der Waals surface area contributed by atoms with Crippen molar-refractivity contribution < 1.29 is 14.3 Å². The van der Waals surface area contributed by atoms with Gasteiger partial charge in [0, 0.05) is 11.6 Å². The van der Waals surface area contributed by atoms with E-state index in [4.69, 9.17) is 21.1 Å². The van der Waals surface area contributed by atoms with Crippen LogP contribution in [0.25, 0.3) is 0 Å². The van der Waals surface area contributed by atoms with Crippen molar-refractivity contribution in [2.24, 2.45) is 0 Å². The van der Waals surface area contributed by atoms with Crippen LogP contribution in [-0.2, 0) is 9.53 Å². The van der Waals surface area contributed by atoms with Crippen LogP contribution in [0.15, 0.2) is 18.2 Å². The molecular formula is C17H24ClNO3. The van der Waals surface area contributed by atoms with E-state index in [1.165, 1.54) is 0 Å². The summed E-state index contributed by atoms with van der Waals surface area (Å²) in [5, 5.41) is 3.68. The van der Waals surface area contributed by atoms with Crippen LogP contribution < -0.4 is 10.1 Å². The molecule has 0 aliphatic carbocycles. The topological polar surface area (TPSA) is 47.6 Å². The van der Waals surface area contributed by atoms with Gasteiger partial charge in [0.15, 0.2) is 5.60 Å². The Morgan fingerprint density at radius 2 is 2.23 bits per heavy atom. The van der Waals surface area contributed by atoms with Gasteiger partial charge in [-0.15, -0.1) is 0 Å². The van der Waals surface area contributed by atoms with Crippen molar-refractivity contribution in [2.75, 3.05) is 6.61 Å². The Balaban J connectivity index is 1.98. The molecule has 0 bridgehead atoms. The van der Waals surface area contributed by atoms with Gasteiger partial charge in [0.2, 0.25) is 0 Å². The molecule has 5 heteroatoms. The van der Waals surface area contributed by atoms with Crippen molar-refractivity contribution in [1.29, 1.82) is 0 Å². The predicted molar refractivity (Wildman–Crippen MR) is 87.5 cm³/mol. The quantitative estimate of drug-likeness (QED) is 0.901. The van der Waals surface area contributed by atoms with E-state index >= 15 is 0 Å². The molecule has 2 atom stereocenters. The number of benzene rings is 1. The summed E-state index contributed by atoms with van der Waals surface area (Å²) < 4.78 is 11.5. The number of aryl methyl sites for hydroxylation is 1. The monoisotopic (exact) mass is 325 g/mol. The maximum absolute atomic E-state index is 12.5. The summed E-state index contributed by atoms with van der Waals surface area (Å²) in [6.07, 6.45) is 2.13. The standard InChI is InChI=1S/C17H24ClNO3/c1-11-10-13(7-8-14(11)18)22-17(3,4)16(20)19-12(2)15-6-5-9-21-15/h7-8,10,12,15H,5-6,9H2,1-4H3,(H,19,20)/t12-,15+/m1/s1. The highest BCUT2D eigenvalue weighted by atomic mass is 35.5. The molecule has 1 heterocycles. The van der Waals surface area contributed by atoms with Crippen LogP contribution in [0.2, 0.25) is 5.02 Å². The van der Waals surface area contributed by atoms with Crippen molar-refractivity contribution >= 4 is 17.5 Å². The molecule has 4 nitrogen and oxygen atoms in total. The number of nitrogens with one attached hydrogen (secondary N) is 1. The fourth-order valence-electron chi connectivity index (χ4n) is 2.49. The van der Waals surface area contributed by atoms with E-state index in [2.05, 4.69) is 5.32 Å². The SMILES string of the molecule is Cc1cc(OC(C)(C)C(=O)N[C@H](C)[C@@H]2CCCO2)ccc1Cl. The summed E-state index contributed by atoms with van der Waals surface area (Å²) in [4.78, 5) is 12.5. The first-order chi connectivity index (χ1) is 10.3. The van der Waals surface area contributed by atoms with E-state index in [1.54, 1.807) is 26.0 Å². The molecule has 22 heavy (non-hydrogen) atoms. The fourth-order valence-corrected chi connectivity index (χ4v) is 2.61. The van der Waals surface area contributed by atoms with Crippen molar-refractivity contribution in [3.05, 3.63) is 28.8 Å². The summed E-state index contributed by atoms with van der Waals surface area (Å²) in [6, 6.07) is 5.36. The molecule has 1 amide bonds. The van der Waals surface area contributed by atoms with Gasteiger partial charge in [-0.1, -0.05) is 11.6 Å². The second-order valence-electron chi connectivity index (χ2n) is 6.34. The average Bonchev–Trinajstić information content (AvgIpc) is 2.96. The Morgan fingerprint density at radius 3 is 2.82 bits per heavy atom. The van der Waals surface area contributed by atoms with Gasteiger partial charge in [0.25, 0.3) is 5.91 Å². The number of hydrogen-bond donors (Lipinski definition) is 1. The minimum atomic E-state index is -0.965. The van der Waals surface area contributed by atoms with Crippen LogP contribution in [-0.4, -0.2) is 30.3 Å². The van der Waals surface area contributed by atoms with E-state index < -0.39 is 5.60 Å². The molecule has 0 unspecified atom stereocenters. The number of ether oxygens (including phenoxy) is 2. The molecule has 1 aromatic rings. The third kappa shape index (κ3) is 4.14. The van der Waals surface area contributed by atoms with E-state index in [-0.39, 0.29) is 18.1 Å². The second kappa shape index (κ2) is 6.88. The minimum absolute atomic E-state index is 0.0233. The first-order valence-electron chi connectivity index (χ1n) is 7.67. The maximum atomic E-state index is 12.5. The zero-order chi connectivity index (χ0) is 16.3. The summed E-state index contributed by atoms with van der Waals surface area (Å²) in [5.41, 5.74) is -0.0456. The van der Waals surface area contributed by atoms with Crippen LogP contribution in [0.3, 0.4) is 0 Å².